The van der Waals surface area contributed by atoms with Gasteiger partial charge in [0.15, 0.2) is 0 Å². The summed E-state index contributed by atoms with van der Waals surface area (Å²) in [6.45, 7) is 9.77. The molecule has 2 N–H and O–H groups in total. The molecule has 2 rings (SSSR count). The smallest absolute Gasteiger partial charge is 0.231 e. The highest BCUT2D eigenvalue weighted by Crippen LogP contribution is 2.32. The molecule has 0 saturated carbocycles. The van der Waals surface area contributed by atoms with Crippen LogP contribution in [0.2, 0.25) is 0 Å². The summed E-state index contributed by atoms with van der Waals surface area (Å²) in [6.07, 6.45) is 1.92. The first kappa shape index (κ1) is 15.8. The summed E-state index contributed by atoms with van der Waals surface area (Å²) in [5.74, 6) is 0.962. The van der Waals surface area contributed by atoms with Crippen molar-refractivity contribution in [3.63, 3.8) is 0 Å². The van der Waals surface area contributed by atoms with Gasteiger partial charge in [0.25, 0.3) is 0 Å². The summed E-state index contributed by atoms with van der Waals surface area (Å²) in [5.41, 5.74) is 1.63. The summed E-state index contributed by atoms with van der Waals surface area (Å²) < 4.78 is 5.67. The number of ether oxygens (including phenoxy) is 1. The number of aryl methyl sites for hydroxylation is 1. The highest BCUT2D eigenvalue weighted by molar-refractivity contribution is 5.96. The fraction of sp³-hybridized carbons (Fsp3) is 0.588. The number of anilines is 1. The van der Waals surface area contributed by atoms with Crippen molar-refractivity contribution in [3.05, 3.63) is 23.8 Å². The second-order valence-electron chi connectivity index (χ2n) is 6.16. The minimum absolute atomic E-state index is 0.121. The monoisotopic (exact) mass is 290 g/mol. The third-order valence-corrected chi connectivity index (χ3v) is 4.22. The molecule has 1 heterocycles. The number of carbonyl (C=O) groups excluding carboxylic acids is 1. The van der Waals surface area contributed by atoms with Crippen molar-refractivity contribution >= 4 is 11.6 Å². The standard InChI is InChI=1S/C17H26N2O2/c1-5-17(8-9-18-11-17)16(20)19-15-7-6-14(10-13(15)4)21-12(2)3/h6-7,10,12,18H,5,8-9,11H2,1-4H3,(H,19,20). The number of carbonyl (C=O) groups is 1. The molecule has 1 unspecified atom stereocenters. The van der Waals surface area contributed by atoms with Crippen molar-refractivity contribution in [1.29, 1.82) is 0 Å². The van der Waals surface area contributed by atoms with E-state index in [0.717, 1.165) is 42.9 Å². The fourth-order valence-electron chi connectivity index (χ4n) is 2.78. The third-order valence-electron chi connectivity index (χ3n) is 4.22. The normalized spacial score (nSPS) is 21.6. The van der Waals surface area contributed by atoms with Gasteiger partial charge in [-0.1, -0.05) is 6.92 Å². The first-order valence-corrected chi connectivity index (χ1v) is 7.76. The van der Waals surface area contributed by atoms with Crippen LogP contribution in [0.4, 0.5) is 5.69 Å². The molecule has 21 heavy (non-hydrogen) atoms. The average Bonchev–Trinajstić information content (AvgIpc) is 2.91. The molecule has 1 aliphatic rings. The first-order chi connectivity index (χ1) is 9.97. The van der Waals surface area contributed by atoms with Gasteiger partial charge in [-0.25, -0.2) is 0 Å². The number of benzene rings is 1. The minimum atomic E-state index is -0.264. The lowest BCUT2D eigenvalue weighted by molar-refractivity contribution is -0.124. The molecule has 1 atom stereocenters. The summed E-state index contributed by atoms with van der Waals surface area (Å²) in [7, 11) is 0. The summed E-state index contributed by atoms with van der Waals surface area (Å²) >= 11 is 0. The van der Waals surface area contributed by atoms with Crippen LogP contribution >= 0.6 is 0 Å². The van der Waals surface area contributed by atoms with E-state index in [1.54, 1.807) is 0 Å². The molecule has 4 heteroatoms. The number of rotatable bonds is 5. The maximum Gasteiger partial charge on any atom is 0.231 e. The maximum atomic E-state index is 12.6. The lowest BCUT2D eigenvalue weighted by Gasteiger charge is -2.25. The Hall–Kier alpha value is -1.55. The molecule has 116 valence electrons. The molecule has 0 aromatic heterocycles. The van der Waals surface area contributed by atoms with Crippen LogP contribution in [0, 0.1) is 12.3 Å². The summed E-state index contributed by atoms with van der Waals surface area (Å²) in [6, 6.07) is 5.81. The van der Waals surface area contributed by atoms with Crippen molar-refractivity contribution < 1.29 is 9.53 Å². The van der Waals surface area contributed by atoms with Crippen LogP contribution in [0.15, 0.2) is 18.2 Å². The molecule has 0 aliphatic carbocycles. The Morgan fingerprint density at radius 1 is 1.48 bits per heavy atom. The van der Waals surface area contributed by atoms with Gasteiger partial charge in [-0.3, -0.25) is 4.79 Å². The van der Waals surface area contributed by atoms with Crippen LogP contribution in [0.5, 0.6) is 5.75 Å². The summed E-state index contributed by atoms with van der Waals surface area (Å²) in [5, 5.41) is 6.39. The van der Waals surface area contributed by atoms with E-state index in [1.165, 1.54) is 0 Å². The van der Waals surface area contributed by atoms with E-state index >= 15 is 0 Å². The molecule has 1 fully saturated rings. The molecule has 1 saturated heterocycles. The van der Waals surface area contributed by atoms with Crippen LogP contribution in [0.25, 0.3) is 0 Å². The lowest BCUT2D eigenvalue weighted by Crippen LogP contribution is -2.37. The molecule has 0 bridgehead atoms. The number of nitrogens with one attached hydrogen (secondary N) is 2. The van der Waals surface area contributed by atoms with Gasteiger partial charge in [0.1, 0.15) is 5.75 Å². The Bertz CT molecular complexity index is 506. The van der Waals surface area contributed by atoms with Crippen molar-refractivity contribution in [2.45, 2.75) is 46.6 Å². The van der Waals surface area contributed by atoms with E-state index in [4.69, 9.17) is 4.74 Å². The highest BCUT2D eigenvalue weighted by atomic mass is 16.5. The zero-order valence-corrected chi connectivity index (χ0v) is 13.5. The second-order valence-corrected chi connectivity index (χ2v) is 6.16. The van der Waals surface area contributed by atoms with Gasteiger partial charge < -0.3 is 15.4 Å². The number of hydrogen-bond acceptors (Lipinski definition) is 3. The molecule has 0 radical (unpaired) electrons. The van der Waals surface area contributed by atoms with Gasteiger partial charge in [-0.15, -0.1) is 0 Å². The Morgan fingerprint density at radius 2 is 2.24 bits per heavy atom. The average molecular weight is 290 g/mol. The largest absolute Gasteiger partial charge is 0.491 e. The minimum Gasteiger partial charge on any atom is -0.491 e. The molecule has 0 spiro atoms. The predicted octanol–water partition coefficient (Wildman–Crippen LogP) is 3.11. The van der Waals surface area contributed by atoms with Crippen molar-refractivity contribution in [1.82, 2.24) is 5.32 Å². The highest BCUT2D eigenvalue weighted by Gasteiger charge is 2.39. The molecule has 1 aliphatic heterocycles. The van der Waals surface area contributed by atoms with E-state index in [1.807, 2.05) is 39.0 Å². The van der Waals surface area contributed by atoms with Gasteiger partial charge in [0.2, 0.25) is 5.91 Å². The van der Waals surface area contributed by atoms with Crippen molar-refractivity contribution in [2.75, 3.05) is 18.4 Å². The number of amides is 1. The van der Waals surface area contributed by atoms with Crippen molar-refractivity contribution in [3.8, 4) is 5.75 Å². The van der Waals surface area contributed by atoms with Gasteiger partial charge >= 0.3 is 0 Å². The molecule has 4 nitrogen and oxygen atoms in total. The van der Waals surface area contributed by atoms with Crippen LogP contribution < -0.4 is 15.4 Å². The van der Waals surface area contributed by atoms with Crippen LogP contribution in [-0.2, 0) is 4.79 Å². The fourth-order valence-corrected chi connectivity index (χ4v) is 2.78. The van der Waals surface area contributed by atoms with E-state index in [-0.39, 0.29) is 17.4 Å². The topological polar surface area (TPSA) is 50.4 Å². The quantitative estimate of drug-likeness (QED) is 0.876. The van der Waals surface area contributed by atoms with Gasteiger partial charge in [-0.2, -0.15) is 0 Å². The lowest BCUT2D eigenvalue weighted by atomic mass is 9.83. The van der Waals surface area contributed by atoms with Gasteiger partial charge in [0.05, 0.1) is 11.5 Å². The molecular formula is C17H26N2O2. The van der Waals surface area contributed by atoms with Crippen LogP contribution in [0.1, 0.15) is 39.2 Å². The van der Waals surface area contributed by atoms with Crippen molar-refractivity contribution in [2.24, 2.45) is 5.41 Å². The Morgan fingerprint density at radius 3 is 2.76 bits per heavy atom. The van der Waals surface area contributed by atoms with E-state index in [2.05, 4.69) is 17.6 Å². The molecule has 1 aromatic carbocycles. The summed E-state index contributed by atoms with van der Waals surface area (Å²) in [4.78, 5) is 12.6. The van der Waals surface area contributed by atoms with E-state index < -0.39 is 0 Å². The zero-order valence-electron chi connectivity index (χ0n) is 13.5. The van der Waals surface area contributed by atoms with Gasteiger partial charge in [-0.05, 0) is 63.9 Å². The SMILES string of the molecule is CCC1(C(=O)Nc2ccc(OC(C)C)cc2C)CCNC1. The van der Waals surface area contributed by atoms with Crippen LogP contribution in [0.3, 0.4) is 0 Å². The van der Waals surface area contributed by atoms with E-state index in [0.29, 0.717) is 0 Å². The zero-order chi connectivity index (χ0) is 15.5. The first-order valence-electron chi connectivity index (χ1n) is 7.76. The second kappa shape index (κ2) is 6.48. The maximum absolute atomic E-state index is 12.6. The Kier molecular flexibility index (Phi) is 4.88. The Balaban J connectivity index is 2.10. The predicted molar refractivity (Wildman–Crippen MR) is 85.8 cm³/mol. The van der Waals surface area contributed by atoms with E-state index in [9.17, 15) is 4.79 Å². The Labute approximate surface area is 127 Å². The number of hydrogen-bond donors (Lipinski definition) is 2. The van der Waals surface area contributed by atoms with Gasteiger partial charge in [0, 0.05) is 12.2 Å². The molecule has 1 aromatic rings. The molecular weight excluding hydrogens is 264 g/mol. The third kappa shape index (κ3) is 3.56. The van der Waals surface area contributed by atoms with Crippen LogP contribution in [-0.4, -0.2) is 25.1 Å². The molecule has 1 amide bonds.